The third kappa shape index (κ3) is 3.90. The average molecular weight is 268 g/mol. The smallest absolute Gasteiger partial charge is 0.124 e. The van der Waals surface area contributed by atoms with Crippen LogP contribution in [0.15, 0.2) is 18.2 Å². The van der Waals surface area contributed by atoms with Crippen LogP contribution in [0.2, 0.25) is 0 Å². The molecule has 0 unspecified atom stereocenters. The van der Waals surface area contributed by atoms with E-state index in [1.165, 1.54) is 12.1 Å². The fourth-order valence-corrected chi connectivity index (χ4v) is 2.14. The first-order chi connectivity index (χ1) is 8.24. The first-order valence-electron chi connectivity index (χ1n) is 5.62. The molecule has 0 heterocycles. The Morgan fingerprint density at radius 3 is 2.50 bits per heavy atom. The minimum atomic E-state index is -1.24. The van der Waals surface area contributed by atoms with Crippen LogP contribution in [0.4, 0.5) is 4.39 Å². The van der Waals surface area contributed by atoms with E-state index in [4.69, 9.17) is 5.26 Å². The number of hydrogen-bond acceptors (Lipinski definition) is 2. The summed E-state index contributed by atoms with van der Waals surface area (Å²) >= 11 is 0. The van der Waals surface area contributed by atoms with Crippen LogP contribution < -0.4 is 4.72 Å². The fourth-order valence-electron chi connectivity index (χ4n) is 1.33. The Morgan fingerprint density at radius 1 is 1.39 bits per heavy atom. The Kier molecular flexibility index (Phi) is 4.60. The predicted octanol–water partition coefficient (Wildman–Crippen LogP) is 2.81. The van der Waals surface area contributed by atoms with Crippen LogP contribution in [0, 0.1) is 17.1 Å². The topological polar surface area (TPSA) is 52.9 Å². The molecule has 0 bridgehead atoms. The lowest BCUT2D eigenvalue weighted by atomic mass is 10.1. The summed E-state index contributed by atoms with van der Waals surface area (Å²) in [5.41, 5.74) is 0.879. The molecule has 0 aromatic heterocycles. The second kappa shape index (κ2) is 5.59. The Balaban J connectivity index is 2.92. The van der Waals surface area contributed by atoms with E-state index >= 15 is 0 Å². The molecule has 1 aromatic rings. The molecule has 3 nitrogen and oxygen atoms in total. The molecule has 0 saturated heterocycles. The van der Waals surface area contributed by atoms with Gasteiger partial charge in [0.15, 0.2) is 0 Å². The number of hydrogen-bond donors (Lipinski definition) is 1. The fraction of sp³-hybridized carbons (Fsp3) is 0.462. The monoisotopic (exact) mass is 268 g/mol. The number of benzene rings is 1. The van der Waals surface area contributed by atoms with Crippen LogP contribution in [0.25, 0.3) is 0 Å². The van der Waals surface area contributed by atoms with Crippen molar-refractivity contribution in [2.75, 3.05) is 0 Å². The van der Waals surface area contributed by atoms with Crippen molar-refractivity contribution in [1.82, 2.24) is 4.72 Å². The number of halogens is 1. The highest BCUT2D eigenvalue weighted by Gasteiger charge is 2.22. The molecule has 0 aliphatic heterocycles. The van der Waals surface area contributed by atoms with Crippen LogP contribution in [-0.2, 0) is 11.0 Å². The lowest BCUT2D eigenvalue weighted by Gasteiger charge is -2.22. The van der Waals surface area contributed by atoms with Gasteiger partial charge < -0.3 is 0 Å². The summed E-state index contributed by atoms with van der Waals surface area (Å²) in [5, 5.41) is 8.78. The van der Waals surface area contributed by atoms with Gasteiger partial charge in [-0.3, -0.25) is 0 Å². The van der Waals surface area contributed by atoms with E-state index in [0.717, 1.165) is 0 Å². The van der Waals surface area contributed by atoms with E-state index in [9.17, 15) is 8.60 Å². The predicted molar refractivity (Wildman–Crippen MR) is 70.6 cm³/mol. The van der Waals surface area contributed by atoms with Crippen molar-refractivity contribution in [3.63, 3.8) is 0 Å². The van der Waals surface area contributed by atoms with E-state index < -0.39 is 16.8 Å². The minimum absolute atomic E-state index is 0.264. The molecule has 1 rings (SSSR count). The van der Waals surface area contributed by atoms with Gasteiger partial charge in [0, 0.05) is 6.04 Å². The molecule has 0 fully saturated rings. The van der Waals surface area contributed by atoms with Gasteiger partial charge in [0.05, 0.1) is 27.4 Å². The highest BCUT2D eigenvalue weighted by Crippen LogP contribution is 2.19. The van der Waals surface area contributed by atoms with E-state index in [1.54, 1.807) is 13.0 Å². The zero-order valence-electron chi connectivity index (χ0n) is 11.0. The highest BCUT2D eigenvalue weighted by molar-refractivity contribution is 7.84. The standard InChI is InChI=1S/C13H17FN2OS/c1-9(16-18(17)13(2,3)4)11-5-10(8-15)6-12(14)7-11/h5-7,9,16H,1-4H3/t9-,18+/m1/s1. The van der Waals surface area contributed by atoms with Crippen LogP contribution in [0.5, 0.6) is 0 Å². The van der Waals surface area contributed by atoms with E-state index in [-0.39, 0.29) is 16.4 Å². The maximum absolute atomic E-state index is 13.3. The molecular weight excluding hydrogens is 251 g/mol. The highest BCUT2D eigenvalue weighted by atomic mass is 32.2. The van der Waals surface area contributed by atoms with Gasteiger partial charge in [-0.05, 0) is 51.5 Å². The van der Waals surface area contributed by atoms with Crippen molar-refractivity contribution in [2.45, 2.75) is 38.5 Å². The van der Waals surface area contributed by atoms with Gasteiger partial charge in [-0.2, -0.15) is 5.26 Å². The van der Waals surface area contributed by atoms with Gasteiger partial charge >= 0.3 is 0 Å². The van der Waals surface area contributed by atoms with Gasteiger partial charge in [-0.15, -0.1) is 0 Å². The van der Waals surface area contributed by atoms with Crippen molar-refractivity contribution in [3.8, 4) is 6.07 Å². The quantitative estimate of drug-likeness (QED) is 0.916. The molecule has 0 saturated carbocycles. The Labute approximate surface area is 110 Å². The second-order valence-electron chi connectivity index (χ2n) is 5.11. The molecule has 0 aliphatic carbocycles. The zero-order chi connectivity index (χ0) is 13.9. The summed E-state index contributed by atoms with van der Waals surface area (Å²) in [6.45, 7) is 7.36. The van der Waals surface area contributed by atoms with Gasteiger partial charge in [0.25, 0.3) is 0 Å². The van der Waals surface area contributed by atoms with E-state index in [2.05, 4.69) is 4.72 Å². The molecular formula is C13H17FN2OS. The largest absolute Gasteiger partial charge is 0.242 e. The molecule has 0 radical (unpaired) electrons. The number of rotatable bonds is 3. The van der Waals surface area contributed by atoms with Gasteiger partial charge in [-0.25, -0.2) is 13.3 Å². The molecule has 2 atom stereocenters. The molecule has 0 amide bonds. The van der Waals surface area contributed by atoms with Crippen LogP contribution in [0.1, 0.15) is 44.9 Å². The zero-order valence-corrected chi connectivity index (χ0v) is 11.8. The van der Waals surface area contributed by atoms with E-state index in [1.807, 2.05) is 26.8 Å². The third-order valence-corrected chi connectivity index (χ3v) is 4.07. The number of nitrogens with zero attached hydrogens (tertiary/aromatic N) is 1. The number of nitrogens with one attached hydrogen (secondary N) is 1. The van der Waals surface area contributed by atoms with Crippen molar-refractivity contribution in [2.24, 2.45) is 0 Å². The molecule has 1 N–H and O–H groups in total. The molecule has 1 aromatic carbocycles. The summed E-state index contributed by atoms with van der Waals surface area (Å²) in [6.07, 6.45) is 0. The average Bonchev–Trinajstić information content (AvgIpc) is 2.26. The summed E-state index contributed by atoms with van der Waals surface area (Å²) in [7, 11) is -1.24. The lowest BCUT2D eigenvalue weighted by Crippen LogP contribution is -2.34. The SMILES string of the molecule is C[C@@H](N[S@@](=O)C(C)(C)C)c1cc(F)cc(C#N)c1. The lowest BCUT2D eigenvalue weighted by molar-refractivity contribution is 0.605. The summed E-state index contributed by atoms with van der Waals surface area (Å²) in [4.78, 5) is 0. The van der Waals surface area contributed by atoms with Crippen molar-refractivity contribution < 1.29 is 8.60 Å². The van der Waals surface area contributed by atoms with Gasteiger partial charge in [0.1, 0.15) is 5.82 Å². The van der Waals surface area contributed by atoms with Crippen molar-refractivity contribution >= 4 is 11.0 Å². The van der Waals surface area contributed by atoms with Crippen molar-refractivity contribution in [1.29, 1.82) is 5.26 Å². The molecule has 18 heavy (non-hydrogen) atoms. The maximum Gasteiger partial charge on any atom is 0.124 e. The van der Waals surface area contributed by atoms with Gasteiger partial charge in [0.2, 0.25) is 0 Å². The van der Waals surface area contributed by atoms with Crippen molar-refractivity contribution in [3.05, 3.63) is 35.1 Å². The van der Waals surface area contributed by atoms with E-state index in [0.29, 0.717) is 5.56 Å². The Hall–Kier alpha value is -1.25. The first kappa shape index (κ1) is 14.8. The Bertz CT molecular complexity index is 503. The first-order valence-corrected chi connectivity index (χ1v) is 6.77. The molecule has 0 aliphatic rings. The Morgan fingerprint density at radius 2 is 2.00 bits per heavy atom. The number of nitriles is 1. The molecule has 98 valence electrons. The molecule has 5 heteroatoms. The third-order valence-electron chi connectivity index (χ3n) is 2.39. The normalized spacial score (nSPS) is 14.9. The van der Waals surface area contributed by atoms with Crippen LogP contribution in [0.3, 0.4) is 0 Å². The maximum atomic E-state index is 13.3. The summed E-state index contributed by atoms with van der Waals surface area (Å²) in [5.74, 6) is -0.459. The van der Waals surface area contributed by atoms with Crippen LogP contribution >= 0.6 is 0 Å². The molecule has 0 spiro atoms. The second-order valence-corrected chi connectivity index (χ2v) is 7.10. The summed E-state index contributed by atoms with van der Waals surface area (Å²) < 4.78 is 27.7. The summed E-state index contributed by atoms with van der Waals surface area (Å²) in [6, 6.07) is 5.74. The van der Waals surface area contributed by atoms with Crippen LogP contribution in [-0.4, -0.2) is 8.96 Å². The minimum Gasteiger partial charge on any atom is -0.242 e. The van der Waals surface area contributed by atoms with Gasteiger partial charge in [-0.1, -0.05) is 0 Å².